The Bertz CT molecular complexity index is 710. The van der Waals surface area contributed by atoms with E-state index in [1.54, 1.807) is 6.92 Å². The second-order valence-electron chi connectivity index (χ2n) is 6.04. The van der Waals surface area contributed by atoms with E-state index in [9.17, 15) is 18.5 Å². The number of nitrogens with one attached hydrogen (secondary N) is 1. The lowest BCUT2D eigenvalue weighted by Crippen LogP contribution is -2.43. The molecule has 0 spiro atoms. The van der Waals surface area contributed by atoms with Gasteiger partial charge in [0.15, 0.2) is 0 Å². The highest BCUT2D eigenvalue weighted by molar-refractivity contribution is 7.89. The summed E-state index contributed by atoms with van der Waals surface area (Å²) >= 11 is 0. The van der Waals surface area contributed by atoms with Gasteiger partial charge in [-0.2, -0.15) is 4.31 Å². The van der Waals surface area contributed by atoms with Crippen molar-refractivity contribution in [2.24, 2.45) is 11.8 Å². The van der Waals surface area contributed by atoms with Crippen molar-refractivity contribution in [3.63, 3.8) is 0 Å². The topological polar surface area (TPSA) is 92.5 Å². The smallest absolute Gasteiger partial charge is 0.269 e. The fraction of sp³-hybridized carbons (Fsp3) is 0.571. The van der Waals surface area contributed by atoms with Crippen molar-refractivity contribution < 1.29 is 13.3 Å². The minimum atomic E-state index is -3.59. The number of aryl methyl sites for hydroxylation is 1. The van der Waals surface area contributed by atoms with Crippen LogP contribution in [0.15, 0.2) is 23.1 Å². The summed E-state index contributed by atoms with van der Waals surface area (Å²) in [5.74, 6) is 0.922. The Morgan fingerprint density at radius 3 is 2.65 bits per heavy atom. The zero-order chi connectivity index (χ0) is 15.9. The maximum Gasteiger partial charge on any atom is 0.269 e. The first-order chi connectivity index (χ1) is 10.4. The van der Waals surface area contributed by atoms with E-state index >= 15 is 0 Å². The van der Waals surface area contributed by atoms with Crippen LogP contribution in [0.1, 0.15) is 12.0 Å². The van der Waals surface area contributed by atoms with Crippen LogP contribution in [0.2, 0.25) is 0 Å². The molecule has 2 heterocycles. The Labute approximate surface area is 141 Å². The molecule has 2 fully saturated rings. The molecule has 2 aliphatic rings. The van der Waals surface area contributed by atoms with Crippen molar-refractivity contribution in [1.29, 1.82) is 0 Å². The van der Waals surface area contributed by atoms with E-state index in [1.807, 2.05) is 0 Å². The lowest BCUT2D eigenvalue weighted by molar-refractivity contribution is -0.385. The van der Waals surface area contributed by atoms with Crippen LogP contribution in [0.5, 0.6) is 0 Å². The van der Waals surface area contributed by atoms with Crippen molar-refractivity contribution in [3.05, 3.63) is 33.9 Å². The number of benzene rings is 1. The van der Waals surface area contributed by atoms with Gasteiger partial charge in [0.05, 0.1) is 9.82 Å². The number of sulfonamides is 1. The molecular formula is C14H20ClN3O4S. The van der Waals surface area contributed by atoms with Crippen LogP contribution in [0.3, 0.4) is 0 Å². The summed E-state index contributed by atoms with van der Waals surface area (Å²) in [6.07, 6.45) is 0.864. The number of non-ortho nitro benzene ring substituents is 1. The third-order valence-corrected chi connectivity index (χ3v) is 6.68. The molecule has 0 radical (unpaired) electrons. The maximum atomic E-state index is 12.8. The highest BCUT2D eigenvalue weighted by Gasteiger charge is 2.38. The van der Waals surface area contributed by atoms with E-state index in [-0.39, 0.29) is 23.0 Å². The van der Waals surface area contributed by atoms with Crippen molar-refractivity contribution in [3.8, 4) is 0 Å². The van der Waals surface area contributed by atoms with Gasteiger partial charge in [0, 0.05) is 25.2 Å². The monoisotopic (exact) mass is 361 g/mol. The van der Waals surface area contributed by atoms with Gasteiger partial charge >= 0.3 is 0 Å². The van der Waals surface area contributed by atoms with E-state index in [1.165, 1.54) is 22.5 Å². The van der Waals surface area contributed by atoms with Crippen molar-refractivity contribution >= 4 is 28.1 Å². The fourth-order valence-corrected chi connectivity index (χ4v) is 5.11. The first-order valence-corrected chi connectivity index (χ1v) is 8.79. The zero-order valence-electron chi connectivity index (χ0n) is 12.8. The summed E-state index contributed by atoms with van der Waals surface area (Å²) in [4.78, 5) is 10.4. The van der Waals surface area contributed by atoms with Gasteiger partial charge in [-0.3, -0.25) is 10.1 Å². The Morgan fingerprint density at radius 2 is 2.00 bits per heavy atom. The lowest BCUT2D eigenvalue weighted by atomic mass is 9.90. The second kappa shape index (κ2) is 6.72. The Hall–Kier alpha value is -1.22. The molecule has 1 aromatic rings. The molecule has 9 heteroatoms. The van der Waals surface area contributed by atoms with Crippen molar-refractivity contribution in [1.82, 2.24) is 9.62 Å². The average Bonchev–Trinajstić information content (AvgIpc) is 2.94. The Morgan fingerprint density at radius 1 is 1.30 bits per heavy atom. The zero-order valence-corrected chi connectivity index (χ0v) is 14.4. The van der Waals surface area contributed by atoms with Gasteiger partial charge in [-0.25, -0.2) is 8.42 Å². The van der Waals surface area contributed by atoms with Crippen LogP contribution < -0.4 is 5.32 Å². The van der Waals surface area contributed by atoms with E-state index in [4.69, 9.17) is 0 Å². The number of fused-ring (bicyclic) bond motifs is 1. The number of nitro groups is 1. The number of halogens is 1. The van der Waals surface area contributed by atoms with E-state index < -0.39 is 14.9 Å². The molecule has 2 aliphatic heterocycles. The summed E-state index contributed by atoms with van der Waals surface area (Å²) in [7, 11) is -3.59. The molecule has 2 atom stereocenters. The third kappa shape index (κ3) is 3.35. The van der Waals surface area contributed by atoms with Gasteiger partial charge in [0.2, 0.25) is 10.0 Å². The molecule has 7 nitrogen and oxygen atoms in total. The van der Waals surface area contributed by atoms with E-state index in [0.29, 0.717) is 30.5 Å². The quantitative estimate of drug-likeness (QED) is 0.651. The van der Waals surface area contributed by atoms with Crippen LogP contribution in [-0.2, 0) is 10.0 Å². The molecule has 0 saturated carbocycles. The molecule has 1 N–H and O–H groups in total. The van der Waals surface area contributed by atoms with Crippen LogP contribution in [0, 0.1) is 28.9 Å². The number of rotatable bonds is 3. The second-order valence-corrected chi connectivity index (χ2v) is 7.94. The summed E-state index contributed by atoms with van der Waals surface area (Å²) in [5.41, 5.74) is 0.330. The third-order valence-electron chi connectivity index (χ3n) is 4.65. The Kier molecular flexibility index (Phi) is 5.30. The predicted octanol–water partition coefficient (Wildman–Crippen LogP) is 1.56. The summed E-state index contributed by atoms with van der Waals surface area (Å²) < 4.78 is 27.2. The summed E-state index contributed by atoms with van der Waals surface area (Å²) in [6.45, 7) is 4.47. The first-order valence-electron chi connectivity index (χ1n) is 7.35. The normalized spacial score (nSPS) is 24.7. The average molecular weight is 362 g/mol. The maximum absolute atomic E-state index is 12.8. The predicted molar refractivity (Wildman–Crippen MR) is 88.3 cm³/mol. The number of nitro benzene ring substituents is 1. The van der Waals surface area contributed by atoms with Crippen molar-refractivity contribution in [2.45, 2.75) is 18.2 Å². The van der Waals surface area contributed by atoms with Crippen LogP contribution >= 0.6 is 12.4 Å². The van der Waals surface area contributed by atoms with Gasteiger partial charge in [-0.15, -0.1) is 12.4 Å². The summed E-state index contributed by atoms with van der Waals surface area (Å²) in [6, 6.07) is 3.92. The number of hydrogen-bond acceptors (Lipinski definition) is 5. The standard InChI is InChI=1S/C14H19N3O4S.ClH/c1-10-6-13(17(18)19)2-3-14(10)22(20,21)16-5-4-11-7-15-8-12(11)9-16;/h2-3,6,11-12,15H,4-5,7-9H2,1H3;1H. The van der Waals surface area contributed by atoms with E-state index in [2.05, 4.69) is 5.32 Å². The number of hydrogen-bond donors (Lipinski definition) is 1. The molecule has 2 saturated heterocycles. The highest BCUT2D eigenvalue weighted by Crippen LogP contribution is 2.31. The van der Waals surface area contributed by atoms with Gasteiger partial charge in [-0.05, 0) is 49.9 Å². The van der Waals surface area contributed by atoms with Crippen LogP contribution in [-0.4, -0.2) is 43.8 Å². The SMILES string of the molecule is Cc1cc([N+](=O)[O-])ccc1S(=O)(=O)N1CCC2CNCC2C1.Cl. The van der Waals surface area contributed by atoms with Gasteiger partial charge in [-0.1, -0.05) is 0 Å². The van der Waals surface area contributed by atoms with Crippen LogP contribution in [0.4, 0.5) is 5.69 Å². The molecule has 0 aliphatic carbocycles. The van der Waals surface area contributed by atoms with E-state index in [0.717, 1.165) is 19.5 Å². The molecule has 0 aromatic heterocycles. The molecule has 128 valence electrons. The number of nitrogens with zero attached hydrogens (tertiary/aromatic N) is 2. The minimum absolute atomic E-state index is 0. The molecular weight excluding hydrogens is 342 g/mol. The first kappa shape index (κ1) is 18.1. The van der Waals surface area contributed by atoms with Gasteiger partial charge in [0.25, 0.3) is 5.69 Å². The molecule has 1 aromatic carbocycles. The minimum Gasteiger partial charge on any atom is -0.316 e. The Balaban J connectivity index is 0.00000192. The molecule has 23 heavy (non-hydrogen) atoms. The highest BCUT2D eigenvalue weighted by atomic mass is 35.5. The largest absolute Gasteiger partial charge is 0.316 e. The summed E-state index contributed by atoms with van der Waals surface area (Å²) in [5, 5.41) is 14.1. The van der Waals surface area contributed by atoms with Gasteiger partial charge in [0.1, 0.15) is 0 Å². The molecule has 0 amide bonds. The van der Waals surface area contributed by atoms with Gasteiger partial charge < -0.3 is 5.32 Å². The molecule has 3 rings (SSSR count). The van der Waals surface area contributed by atoms with Crippen molar-refractivity contribution in [2.75, 3.05) is 26.2 Å². The van der Waals surface area contributed by atoms with Crippen LogP contribution in [0.25, 0.3) is 0 Å². The molecule has 0 bridgehead atoms. The lowest BCUT2D eigenvalue weighted by Gasteiger charge is -2.33. The molecule has 2 unspecified atom stereocenters. The fourth-order valence-electron chi connectivity index (χ4n) is 3.40. The number of piperidine rings is 1.